The fourth-order valence-corrected chi connectivity index (χ4v) is 2.09. The minimum atomic E-state index is -0.471. The average Bonchev–Trinajstić information content (AvgIpc) is 2.46. The lowest BCUT2D eigenvalue weighted by Crippen LogP contribution is -1.99. The monoisotopic (exact) mass is 337 g/mol. The molecule has 5 nitrogen and oxygen atoms in total. The van der Waals surface area contributed by atoms with E-state index in [0.717, 1.165) is 4.47 Å². The number of hydrogen-bond acceptors (Lipinski definition) is 4. The first kappa shape index (κ1) is 14.3. The molecule has 2 rings (SSSR count). The lowest BCUT2D eigenvalue weighted by Gasteiger charge is -2.09. The molecule has 0 aromatic heterocycles. The van der Waals surface area contributed by atoms with E-state index in [4.69, 9.17) is 9.47 Å². The Morgan fingerprint density at radius 2 is 1.95 bits per heavy atom. The van der Waals surface area contributed by atoms with Crippen LogP contribution < -0.4 is 9.47 Å². The van der Waals surface area contributed by atoms with E-state index in [1.165, 1.54) is 13.2 Å². The second-order valence-electron chi connectivity index (χ2n) is 3.98. The summed E-state index contributed by atoms with van der Waals surface area (Å²) < 4.78 is 11.4. The van der Waals surface area contributed by atoms with Crippen molar-refractivity contribution in [2.75, 3.05) is 7.11 Å². The Hall–Kier alpha value is -2.08. The Morgan fingerprint density at radius 3 is 2.60 bits per heavy atom. The summed E-state index contributed by atoms with van der Waals surface area (Å²) in [5, 5.41) is 10.9. The van der Waals surface area contributed by atoms with Crippen molar-refractivity contribution in [1.29, 1.82) is 0 Å². The highest BCUT2D eigenvalue weighted by molar-refractivity contribution is 9.10. The molecule has 0 aliphatic rings. The summed E-state index contributed by atoms with van der Waals surface area (Å²) in [6, 6.07) is 12.2. The van der Waals surface area contributed by atoms with Crippen molar-refractivity contribution in [3.63, 3.8) is 0 Å². The molecule has 0 aliphatic heterocycles. The molecule has 6 heteroatoms. The van der Waals surface area contributed by atoms with E-state index < -0.39 is 4.92 Å². The van der Waals surface area contributed by atoms with Crippen LogP contribution in [0.2, 0.25) is 0 Å². The summed E-state index contributed by atoms with van der Waals surface area (Å²) in [6.07, 6.45) is 0. The molecule has 0 saturated carbocycles. The van der Waals surface area contributed by atoms with Crippen LogP contribution >= 0.6 is 15.9 Å². The van der Waals surface area contributed by atoms with Crippen molar-refractivity contribution in [2.24, 2.45) is 0 Å². The summed E-state index contributed by atoms with van der Waals surface area (Å²) in [5.41, 5.74) is 0.633. The smallest absolute Gasteiger partial charge is 0.311 e. The first-order valence-corrected chi connectivity index (χ1v) is 6.59. The number of nitro groups is 1. The van der Waals surface area contributed by atoms with Crippen molar-refractivity contribution in [3.8, 4) is 11.5 Å². The summed E-state index contributed by atoms with van der Waals surface area (Å²) in [4.78, 5) is 10.5. The van der Waals surface area contributed by atoms with Gasteiger partial charge in [-0.05, 0) is 39.7 Å². The summed E-state index contributed by atoms with van der Waals surface area (Å²) in [7, 11) is 1.40. The zero-order chi connectivity index (χ0) is 14.5. The Kier molecular flexibility index (Phi) is 4.57. The predicted octanol–water partition coefficient (Wildman–Crippen LogP) is 3.94. The molecule has 2 aromatic carbocycles. The Balaban J connectivity index is 2.16. The molecule has 0 aliphatic carbocycles. The maximum atomic E-state index is 10.9. The van der Waals surface area contributed by atoms with E-state index in [9.17, 15) is 10.1 Å². The molecule has 0 unspecified atom stereocenters. The van der Waals surface area contributed by atoms with E-state index in [1.54, 1.807) is 12.1 Å². The molecule has 0 spiro atoms. The molecule has 20 heavy (non-hydrogen) atoms. The van der Waals surface area contributed by atoms with Gasteiger partial charge in [-0.15, -0.1) is 0 Å². The number of ether oxygens (including phenoxy) is 2. The van der Waals surface area contributed by atoms with Crippen LogP contribution in [-0.2, 0) is 6.61 Å². The first-order valence-electron chi connectivity index (χ1n) is 5.80. The lowest BCUT2D eigenvalue weighted by atomic mass is 10.2. The number of hydrogen-bond donors (Lipinski definition) is 0. The van der Waals surface area contributed by atoms with Crippen molar-refractivity contribution < 1.29 is 14.4 Å². The Morgan fingerprint density at radius 1 is 1.20 bits per heavy atom. The van der Waals surface area contributed by atoms with E-state index in [-0.39, 0.29) is 18.0 Å². The number of benzene rings is 2. The minimum Gasteiger partial charge on any atom is -0.490 e. The molecule has 0 fully saturated rings. The van der Waals surface area contributed by atoms with Crippen LogP contribution in [0.3, 0.4) is 0 Å². The molecule has 0 amide bonds. The molecule has 2 aromatic rings. The topological polar surface area (TPSA) is 61.6 Å². The molecular weight excluding hydrogens is 326 g/mol. The third-order valence-corrected chi connectivity index (χ3v) is 3.33. The van der Waals surface area contributed by atoms with Crippen LogP contribution in [-0.4, -0.2) is 12.0 Å². The average molecular weight is 338 g/mol. The summed E-state index contributed by atoms with van der Waals surface area (Å²) >= 11 is 3.38. The molecular formula is C14H12BrNO4. The van der Waals surface area contributed by atoms with Gasteiger partial charge in [-0.3, -0.25) is 10.1 Å². The SMILES string of the molecule is COc1ccc(COc2ccccc2Br)cc1[N+](=O)[O-]. The van der Waals surface area contributed by atoms with Gasteiger partial charge in [-0.25, -0.2) is 0 Å². The molecule has 104 valence electrons. The Labute approximate surface area is 124 Å². The summed E-state index contributed by atoms with van der Waals surface area (Å²) in [6.45, 7) is 0.243. The van der Waals surface area contributed by atoms with E-state index >= 15 is 0 Å². The molecule has 0 radical (unpaired) electrons. The van der Waals surface area contributed by atoms with E-state index in [2.05, 4.69) is 15.9 Å². The third-order valence-electron chi connectivity index (χ3n) is 2.67. The van der Waals surface area contributed by atoms with Gasteiger partial charge < -0.3 is 9.47 Å². The number of rotatable bonds is 5. The highest BCUT2D eigenvalue weighted by Gasteiger charge is 2.15. The number of methoxy groups -OCH3 is 1. The van der Waals surface area contributed by atoms with Crippen LogP contribution in [0, 0.1) is 10.1 Å². The van der Waals surface area contributed by atoms with Gasteiger partial charge in [0.1, 0.15) is 12.4 Å². The van der Waals surface area contributed by atoms with Crippen molar-refractivity contribution in [2.45, 2.75) is 6.61 Å². The number of nitrogens with zero attached hydrogens (tertiary/aromatic N) is 1. The number of halogens is 1. The zero-order valence-corrected chi connectivity index (χ0v) is 12.3. The van der Waals surface area contributed by atoms with Gasteiger partial charge in [0.15, 0.2) is 5.75 Å². The highest BCUT2D eigenvalue weighted by atomic mass is 79.9. The van der Waals surface area contributed by atoms with Crippen LogP contribution in [0.1, 0.15) is 5.56 Å². The summed E-state index contributed by atoms with van der Waals surface area (Å²) in [5.74, 6) is 0.922. The van der Waals surface area contributed by atoms with Gasteiger partial charge in [0.2, 0.25) is 0 Å². The van der Waals surface area contributed by atoms with E-state index in [0.29, 0.717) is 11.3 Å². The number of nitro benzene ring substituents is 1. The van der Waals surface area contributed by atoms with Crippen LogP contribution in [0.15, 0.2) is 46.9 Å². The van der Waals surface area contributed by atoms with Crippen molar-refractivity contribution in [3.05, 3.63) is 62.6 Å². The standard InChI is InChI=1S/C14H12BrNO4/c1-19-14-7-6-10(8-12(14)16(17)18)9-20-13-5-3-2-4-11(13)15/h2-8H,9H2,1H3. The molecule has 0 N–H and O–H groups in total. The van der Waals surface area contributed by atoms with Gasteiger partial charge in [0.05, 0.1) is 16.5 Å². The second-order valence-corrected chi connectivity index (χ2v) is 4.84. The first-order chi connectivity index (χ1) is 9.61. The number of para-hydroxylation sites is 1. The molecule has 0 heterocycles. The second kappa shape index (κ2) is 6.38. The maximum absolute atomic E-state index is 10.9. The van der Waals surface area contributed by atoms with Crippen molar-refractivity contribution >= 4 is 21.6 Å². The normalized spacial score (nSPS) is 10.1. The highest BCUT2D eigenvalue weighted by Crippen LogP contribution is 2.29. The molecule has 0 saturated heterocycles. The van der Waals surface area contributed by atoms with Crippen LogP contribution in [0.5, 0.6) is 11.5 Å². The molecule has 0 atom stereocenters. The van der Waals surface area contributed by atoms with Crippen LogP contribution in [0.25, 0.3) is 0 Å². The van der Waals surface area contributed by atoms with Gasteiger partial charge in [-0.1, -0.05) is 18.2 Å². The van der Waals surface area contributed by atoms with Gasteiger partial charge in [0, 0.05) is 6.07 Å². The maximum Gasteiger partial charge on any atom is 0.311 e. The van der Waals surface area contributed by atoms with Gasteiger partial charge >= 0.3 is 5.69 Å². The van der Waals surface area contributed by atoms with Gasteiger partial charge in [-0.2, -0.15) is 0 Å². The fraction of sp³-hybridized carbons (Fsp3) is 0.143. The third kappa shape index (κ3) is 3.27. The lowest BCUT2D eigenvalue weighted by molar-refractivity contribution is -0.385. The largest absolute Gasteiger partial charge is 0.490 e. The predicted molar refractivity (Wildman–Crippen MR) is 78.1 cm³/mol. The van der Waals surface area contributed by atoms with Crippen LogP contribution in [0.4, 0.5) is 5.69 Å². The Bertz CT molecular complexity index is 630. The minimum absolute atomic E-state index is 0.0688. The molecule has 0 bridgehead atoms. The van der Waals surface area contributed by atoms with E-state index in [1.807, 2.05) is 24.3 Å². The quantitative estimate of drug-likeness (QED) is 0.612. The zero-order valence-electron chi connectivity index (χ0n) is 10.7. The van der Waals surface area contributed by atoms with Crippen molar-refractivity contribution in [1.82, 2.24) is 0 Å². The fourth-order valence-electron chi connectivity index (χ4n) is 1.69. The van der Waals surface area contributed by atoms with Gasteiger partial charge in [0.25, 0.3) is 0 Å².